The second-order valence-corrected chi connectivity index (χ2v) is 12.5. The number of methoxy groups -OCH3 is 2. The summed E-state index contributed by atoms with van der Waals surface area (Å²) in [6.07, 6.45) is -3.90. The number of nitrogens with one attached hydrogen (secondary N) is 3. The lowest BCUT2D eigenvalue weighted by molar-refractivity contribution is -0.149. The molecule has 3 rings (SSSR count). The molecule has 0 aromatic heterocycles. The summed E-state index contributed by atoms with van der Waals surface area (Å²) in [4.78, 5) is 42.2. The Morgan fingerprint density at radius 3 is 2.37 bits per heavy atom. The first-order chi connectivity index (χ1) is 21.5. The second-order valence-electron chi connectivity index (χ2n) is 12.1. The summed E-state index contributed by atoms with van der Waals surface area (Å²) in [7, 11) is 2.43. The minimum Gasteiger partial charge on any atom is -0.469 e. The monoisotopic (exact) mass is 666 g/mol. The lowest BCUT2D eigenvalue weighted by Gasteiger charge is -2.38. The molecule has 14 heteroatoms. The van der Waals surface area contributed by atoms with E-state index in [1.165, 1.54) is 14.2 Å². The molecule has 0 heterocycles. The first-order valence-electron chi connectivity index (χ1n) is 14.7. The summed E-state index contributed by atoms with van der Waals surface area (Å²) in [5.74, 6) is -3.81. The van der Waals surface area contributed by atoms with E-state index in [0.717, 1.165) is 5.56 Å². The Hall–Kier alpha value is -3.97. The summed E-state index contributed by atoms with van der Waals surface area (Å²) in [6, 6.07) is 13.3. The molecule has 3 atom stereocenters. The number of guanidine groups is 1. The van der Waals surface area contributed by atoms with Gasteiger partial charge in [0.15, 0.2) is 0 Å². The van der Waals surface area contributed by atoms with E-state index < -0.39 is 53.8 Å². The number of aliphatic imine (C=N–C) groups is 1. The van der Waals surface area contributed by atoms with Crippen LogP contribution in [0.15, 0.2) is 53.5 Å². The number of esters is 1. The molecule has 46 heavy (non-hydrogen) atoms. The van der Waals surface area contributed by atoms with Crippen molar-refractivity contribution in [1.29, 1.82) is 0 Å². The minimum atomic E-state index is -3.02. The molecule has 3 N–H and O–H groups in total. The van der Waals surface area contributed by atoms with Gasteiger partial charge in [-0.2, -0.15) is 0 Å². The van der Waals surface area contributed by atoms with Gasteiger partial charge in [-0.25, -0.2) is 18.4 Å². The molecule has 1 aliphatic carbocycles. The van der Waals surface area contributed by atoms with Crippen LogP contribution in [0.5, 0.6) is 0 Å². The number of carbonyl (C=O) groups excluding carboxylic acids is 3. The Bertz CT molecular complexity index is 1400. The summed E-state index contributed by atoms with van der Waals surface area (Å²) >= 11 is 6.80. The molecule has 0 unspecified atom stereocenters. The van der Waals surface area contributed by atoms with Crippen LogP contribution in [-0.4, -0.2) is 62.0 Å². The molecular formula is C32H41ClF2N4O7. The fourth-order valence-corrected chi connectivity index (χ4v) is 5.28. The average molecular weight is 667 g/mol. The number of carbonyl (C=O) groups is 3. The molecule has 1 fully saturated rings. The van der Waals surface area contributed by atoms with Gasteiger partial charge in [0, 0.05) is 19.6 Å². The van der Waals surface area contributed by atoms with Crippen LogP contribution in [-0.2, 0) is 35.9 Å². The maximum atomic E-state index is 14.4. The zero-order valence-electron chi connectivity index (χ0n) is 26.7. The summed E-state index contributed by atoms with van der Waals surface area (Å²) in [5.41, 5.74) is -0.999. The van der Waals surface area contributed by atoms with Gasteiger partial charge in [0.25, 0.3) is 5.92 Å². The fraction of sp³-hybridized carbons (Fsp3) is 0.500. The lowest BCUT2D eigenvalue weighted by Crippen LogP contribution is -2.56. The maximum Gasteiger partial charge on any atom is 0.437 e. The van der Waals surface area contributed by atoms with Crippen molar-refractivity contribution < 1.29 is 42.1 Å². The normalized spacial score (nSPS) is 19.3. The van der Waals surface area contributed by atoms with E-state index in [4.69, 9.17) is 30.5 Å². The highest BCUT2D eigenvalue weighted by Crippen LogP contribution is 2.37. The number of anilines is 1. The smallest absolute Gasteiger partial charge is 0.437 e. The molecule has 2 aromatic carbocycles. The molecule has 1 aliphatic rings. The predicted octanol–water partition coefficient (Wildman–Crippen LogP) is 6.54. The van der Waals surface area contributed by atoms with E-state index >= 15 is 0 Å². The van der Waals surface area contributed by atoms with Crippen molar-refractivity contribution in [3.8, 4) is 0 Å². The van der Waals surface area contributed by atoms with Gasteiger partial charge < -0.3 is 29.6 Å². The molecule has 11 nitrogen and oxygen atoms in total. The Morgan fingerprint density at radius 2 is 1.74 bits per heavy atom. The Morgan fingerprint density at radius 1 is 1.04 bits per heavy atom. The zero-order valence-corrected chi connectivity index (χ0v) is 27.5. The molecule has 0 spiro atoms. The van der Waals surface area contributed by atoms with E-state index in [0.29, 0.717) is 5.56 Å². The number of benzene rings is 2. The first-order valence-corrected chi connectivity index (χ1v) is 15.0. The van der Waals surface area contributed by atoms with Crippen LogP contribution in [0.3, 0.4) is 0 Å². The van der Waals surface area contributed by atoms with E-state index in [-0.39, 0.29) is 42.5 Å². The fourth-order valence-electron chi connectivity index (χ4n) is 4.89. The van der Waals surface area contributed by atoms with Crippen molar-refractivity contribution in [2.45, 2.75) is 89.2 Å². The third-order valence-electron chi connectivity index (χ3n) is 7.18. The van der Waals surface area contributed by atoms with Crippen molar-refractivity contribution >= 4 is 41.4 Å². The van der Waals surface area contributed by atoms with Crippen LogP contribution >= 0.6 is 11.6 Å². The number of nitrogens with zero attached hydrogens (tertiary/aromatic N) is 1. The number of hydrogen-bond acceptors (Lipinski definition) is 7. The lowest BCUT2D eigenvalue weighted by atomic mass is 9.87. The standard InChI is InChI=1S/C32H41ClF2N4O7/c1-30(2,3)46-29(42)38-27(36-21-15-16-32(34,35)24(17-21)43-5)39-31(4,18-25(40)44-6)22-13-10-14-23(26(22)33)37-28(41)45-19-20-11-8-7-9-12-20/h7-14,21,24H,15-19H2,1-6H3,(H,37,41)(H2,36,38,39,42)/t21-,24-,31+/m1/s1. The largest absolute Gasteiger partial charge is 0.469 e. The van der Waals surface area contributed by atoms with Gasteiger partial charge in [-0.15, -0.1) is 4.99 Å². The minimum absolute atomic E-state index is 0.0266. The number of halogens is 3. The van der Waals surface area contributed by atoms with Crippen LogP contribution < -0.4 is 16.0 Å². The van der Waals surface area contributed by atoms with Crippen LogP contribution in [0.25, 0.3) is 0 Å². The SMILES string of the molecule is COC(=O)C[C@](C)(N/C(=N\C(=O)OC(C)(C)C)N[C@@H]1CCC(F)(F)[C@H](OC)C1)c1cccc(NC(=O)OCc2ccccc2)c1Cl. The van der Waals surface area contributed by atoms with Crippen molar-refractivity contribution in [3.63, 3.8) is 0 Å². The third-order valence-corrected chi connectivity index (χ3v) is 7.59. The van der Waals surface area contributed by atoms with Crippen LogP contribution in [0, 0.1) is 0 Å². The van der Waals surface area contributed by atoms with Crippen molar-refractivity contribution in [3.05, 3.63) is 64.7 Å². The predicted molar refractivity (Wildman–Crippen MR) is 169 cm³/mol. The molecule has 0 bridgehead atoms. The van der Waals surface area contributed by atoms with Gasteiger partial charge in [0.1, 0.15) is 18.3 Å². The van der Waals surface area contributed by atoms with Crippen molar-refractivity contribution in [2.75, 3.05) is 19.5 Å². The van der Waals surface area contributed by atoms with Gasteiger partial charge in [-0.3, -0.25) is 10.1 Å². The molecule has 2 amide bonds. The second kappa shape index (κ2) is 15.5. The number of alkyl halides is 2. The molecule has 0 radical (unpaired) electrons. The number of hydrogen-bond donors (Lipinski definition) is 3. The highest BCUT2D eigenvalue weighted by molar-refractivity contribution is 6.34. The Labute approximate surface area is 272 Å². The molecule has 1 saturated carbocycles. The van der Waals surface area contributed by atoms with E-state index in [2.05, 4.69) is 20.9 Å². The van der Waals surface area contributed by atoms with Crippen molar-refractivity contribution in [2.24, 2.45) is 4.99 Å². The van der Waals surface area contributed by atoms with Crippen LogP contribution in [0.1, 0.15) is 64.5 Å². The number of amides is 2. The van der Waals surface area contributed by atoms with E-state index in [1.54, 1.807) is 45.9 Å². The van der Waals surface area contributed by atoms with Crippen LogP contribution in [0.4, 0.5) is 24.1 Å². The molecule has 0 saturated heterocycles. The number of rotatable bonds is 9. The van der Waals surface area contributed by atoms with E-state index in [1.807, 2.05) is 30.3 Å². The van der Waals surface area contributed by atoms with Crippen molar-refractivity contribution in [1.82, 2.24) is 10.6 Å². The first kappa shape index (κ1) is 36.5. The van der Waals surface area contributed by atoms with Gasteiger partial charge >= 0.3 is 18.2 Å². The molecular weight excluding hydrogens is 626 g/mol. The van der Waals surface area contributed by atoms with Gasteiger partial charge in [-0.05, 0) is 57.7 Å². The van der Waals surface area contributed by atoms with Gasteiger partial charge in [-0.1, -0.05) is 54.1 Å². The van der Waals surface area contributed by atoms with Crippen LogP contribution in [0.2, 0.25) is 5.02 Å². The summed E-state index contributed by atoms with van der Waals surface area (Å²) < 4.78 is 49.4. The maximum absolute atomic E-state index is 14.4. The molecule has 2 aromatic rings. The molecule has 252 valence electrons. The third kappa shape index (κ3) is 10.5. The Balaban J connectivity index is 1.94. The highest BCUT2D eigenvalue weighted by Gasteiger charge is 2.45. The van der Waals surface area contributed by atoms with E-state index in [9.17, 15) is 23.2 Å². The summed E-state index contributed by atoms with van der Waals surface area (Å²) in [5, 5.41) is 8.78. The number of ether oxygens (including phenoxy) is 4. The average Bonchev–Trinajstić information content (AvgIpc) is 2.97. The van der Waals surface area contributed by atoms with Gasteiger partial charge in [0.2, 0.25) is 5.96 Å². The Kier molecular flexibility index (Phi) is 12.3. The highest BCUT2D eigenvalue weighted by atomic mass is 35.5. The zero-order chi connectivity index (χ0) is 34.1. The quantitative estimate of drug-likeness (QED) is 0.118. The topological polar surface area (TPSA) is 137 Å². The summed E-state index contributed by atoms with van der Waals surface area (Å²) in [6.45, 7) is 6.63. The van der Waals surface area contributed by atoms with Gasteiger partial charge in [0.05, 0.1) is 29.8 Å². The molecule has 0 aliphatic heterocycles.